The second-order valence-electron chi connectivity index (χ2n) is 4.33. The molecule has 0 aliphatic heterocycles. The van der Waals surface area contributed by atoms with Gasteiger partial charge in [-0.1, -0.05) is 0 Å². The highest BCUT2D eigenvalue weighted by Gasteiger charge is 2.18. The van der Waals surface area contributed by atoms with Crippen LogP contribution >= 0.6 is 0 Å². The van der Waals surface area contributed by atoms with E-state index >= 15 is 0 Å². The lowest BCUT2D eigenvalue weighted by Gasteiger charge is -2.09. The molecule has 0 spiro atoms. The highest BCUT2D eigenvalue weighted by molar-refractivity contribution is 7.92. The number of aryl methyl sites for hydroxylation is 2. The van der Waals surface area contributed by atoms with E-state index in [1.807, 2.05) is 6.92 Å². The summed E-state index contributed by atoms with van der Waals surface area (Å²) in [6, 6.07) is 2.33. The van der Waals surface area contributed by atoms with Crippen LogP contribution in [0.25, 0.3) is 0 Å². The van der Waals surface area contributed by atoms with Crippen molar-refractivity contribution in [2.45, 2.75) is 25.3 Å². The zero-order chi connectivity index (χ0) is 14.9. The lowest BCUT2D eigenvalue weighted by molar-refractivity contribution is 0.599. The number of nitrogens with two attached hydrogens (primary N) is 1. The third-order valence-corrected chi connectivity index (χ3v) is 4.14. The molecule has 20 heavy (non-hydrogen) atoms. The first-order valence-electron chi connectivity index (χ1n) is 5.94. The van der Waals surface area contributed by atoms with Gasteiger partial charge in [0.25, 0.3) is 10.0 Å². The van der Waals surface area contributed by atoms with E-state index in [4.69, 9.17) is 5.73 Å². The average Bonchev–Trinajstić information content (AvgIpc) is 2.82. The zero-order valence-electron chi connectivity index (χ0n) is 11.1. The summed E-state index contributed by atoms with van der Waals surface area (Å²) in [5.41, 5.74) is 5.77. The molecular weight excluding hydrogens is 283 g/mol. The van der Waals surface area contributed by atoms with Crippen LogP contribution in [-0.4, -0.2) is 18.2 Å². The summed E-state index contributed by atoms with van der Waals surface area (Å²) in [4.78, 5) is -0.0850. The Hall–Kier alpha value is -2.09. The quantitative estimate of drug-likeness (QED) is 0.841. The van der Waals surface area contributed by atoms with Crippen LogP contribution < -0.4 is 10.5 Å². The number of nitrogens with one attached hydrogen (secondary N) is 1. The summed E-state index contributed by atoms with van der Waals surface area (Å²) in [6.07, 6.45) is 2.97. The maximum atomic E-state index is 13.4. The van der Waals surface area contributed by atoms with E-state index in [2.05, 4.69) is 9.82 Å². The van der Waals surface area contributed by atoms with Crippen molar-refractivity contribution in [3.8, 4) is 0 Å². The lowest BCUT2D eigenvalue weighted by atomic mass is 10.2. The van der Waals surface area contributed by atoms with Gasteiger partial charge in [-0.2, -0.15) is 5.10 Å². The Morgan fingerprint density at radius 1 is 1.45 bits per heavy atom. The van der Waals surface area contributed by atoms with Crippen LogP contribution in [0.3, 0.4) is 0 Å². The van der Waals surface area contributed by atoms with Crippen LogP contribution in [0.4, 0.5) is 15.8 Å². The van der Waals surface area contributed by atoms with E-state index in [1.165, 1.54) is 19.2 Å². The maximum absolute atomic E-state index is 13.4. The van der Waals surface area contributed by atoms with E-state index in [9.17, 15) is 12.8 Å². The Bertz CT molecular complexity index is 717. The number of halogens is 1. The lowest BCUT2D eigenvalue weighted by Crippen LogP contribution is -2.13. The molecule has 2 aromatic rings. The van der Waals surface area contributed by atoms with Gasteiger partial charge in [-0.15, -0.1) is 0 Å². The molecule has 0 fully saturated rings. The van der Waals surface area contributed by atoms with E-state index in [0.717, 1.165) is 6.07 Å². The van der Waals surface area contributed by atoms with Crippen LogP contribution in [-0.2, 0) is 16.6 Å². The Balaban J connectivity index is 2.35. The molecule has 1 heterocycles. The van der Waals surface area contributed by atoms with Gasteiger partial charge in [-0.05, 0) is 31.5 Å². The molecule has 0 aliphatic rings. The number of hydrogen-bond donors (Lipinski definition) is 2. The number of hydrogen-bond acceptors (Lipinski definition) is 4. The second kappa shape index (κ2) is 5.12. The van der Waals surface area contributed by atoms with E-state index in [1.54, 1.807) is 10.9 Å². The van der Waals surface area contributed by atoms with Crippen LogP contribution in [0.2, 0.25) is 0 Å². The number of nitrogen functional groups attached to an aromatic ring is 1. The van der Waals surface area contributed by atoms with Gasteiger partial charge in [0.1, 0.15) is 5.82 Å². The van der Waals surface area contributed by atoms with Gasteiger partial charge < -0.3 is 5.73 Å². The minimum atomic E-state index is -3.82. The Morgan fingerprint density at radius 3 is 2.70 bits per heavy atom. The Morgan fingerprint density at radius 2 is 2.15 bits per heavy atom. The third-order valence-electron chi connectivity index (χ3n) is 2.78. The molecule has 0 atom stereocenters. The number of sulfonamides is 1. The second-order valence-corrected chi connectivity index (χ2v) is 6.02. The number of anilines is 2. The SMILES string of the molecule is CCn1cc(NS(=O)(=O)c2cc(C)c(F)c(N)c2)cn1. The summed E-state index contributed by atoms with van der Waals surface area (Å²) >= 11 is 0. The maximum Gasteiger partial charge on any atom is 0.262 e. The largest absolute Gasteiger partial charge is 0.396 e. The Kier molecular flexibility index (Phi) is 3.67. The summed E-state index contributed by atoms with van der Waals surface area (Å²) in [5, 5.41) is 3.97. The van der Waals surface area contributed by atoms with E-state index in [-0.39, 0.29) is 16.1 Å². The van der Waals surface area contributed by atoms with Gasteiger partial charge in [0.15, 0.2) is 0 Å². The Labute approximate surface area is 116 Å². The van der Waals surface area contributed by atoms with Crippen molar-refractivity contribution in [1.29, 1.82) is 0 Å². The summed E-state index contributed by atoms with van der Waals surface area (Å²) in [7, 11) is -3.82. The van der Waals surface area contributed by atoms with Crippen molar-refractivity contribution in [3.05, 3.63) is 35.9 Å². The average molecular weight is 298 g/mol. The minimum Gasteiger partial charge on any atom is -0.396 e. The van der Waals surface area contributed by atoms with E-state index < -0.39 is 15.8 Å². The normalized spacial score (nSPS) is 11.6. The first-order valence-corrected chi connectivity index (χ1v) is 7.42. The van der Waals surface area contributed by atoms with Gasteiger partial charge in [-0.3, -0.25) is 9.40 Å². The number of rotatable bonds is 4. The minimum absolute atomic E-state index is 0.0850. The highest BCUT2D eigenvalue weighted by atomic mass is 32.2. The molecule has 8 heteroatoms. The van der Waals surface area contributed by atoms with Crippen molar-refractivity contribution in [3.63, 3.8) is 0 Å². The monoisotopic (exact) mass is 298 g/mol. The topological polar surface area (TPSA) is 90.0 Å². The standard InChI is InChI=1S/C12H15FN4O2S/c1-3-17-7-9(6-15-17)16-20(18,19)10-4-8(2)12(13)11(14)5-10/h4-7,16H,3,14H2,1-2H3. The van der Waals surface area contributed by atoms with Gasteiger partial charge in [-0.25, -0.2) is 12.8 Å². The number of nitrogens with zero attached hydrogens (tertiary/aromatic N) is 2. The fourth-order valence-electron chi connectivity index (χ4n) is 1.72. The summed E-state index contributed by atoms with van der Waals surface area (Å²) in [5.74, 6) is -0.609. The predicted molar refractivity (Wildman–Crippen MR) is 74.3 cm³/mol. The fraction of sp³-hybridized carbons (Fsp3) is 0.250. The third kappa shape index (κ3) is 2.74. The van der Waals surface area contributed by atoms with Crippen molar-refractivity contribution >= 4 is 21.4 Å². The number of benzene rings is 1. The first-order chi connectivity index (χ1) is 9.33. The molecule has 0 saturated carbocycles. The van der Waals surface area contributed by atoms with Crippen molar-refractivity contribution in [1.82, 2.24) is 9.78 Å². The van der Waals surface area contributed by atoms with Gasteiger partial charge >= 0.3 is 0 Å². The van der Waals surface area contributed by atoms with Gasteiger partial charge in [0.2, 0.25) is 0 Å². The molecule has 1 aromatic heterocycles. The molecule has 0 unspecified atom stereocenters. The fourth-order valence-corrected chi connectivity index (χ4v) is 2.87. The summed E-state index contributed by atoms with van der Waals surface area (Å²) < 4.78 is 41.8. The number of aromatic nitrogens is 2. The molecule has 0 amide bonds. The molecular formula is C12H15FN4O2S. The smallest absolute Gasteiger partial charge is 0.262 e. The van der Waals surface area contributed by atoms with Crippen molar-refractivity contribution < 1.29 is 12.8 Å². The molecule has 1 aromatic carbocycles. The molecule has 0 bridgehead atoms. The predicted octanol–water partition coefficient (Wildman–Crippen LogP) is 1.73. The van der Waals surface area contributed by atoms with Gasteiger partial charge in [0.05, 0.1) is 22.5 Å². The molecule has 0 saturated heterocycles. The molecule has 0 aliphatic carbocycles. The van der Waals surface area contributed by atoms with Crippen LogP contribution in [0.1, 0.15) is 12.5 Å². The van der Waals surface area contributed by atoms with Crippen molar-refractivity contribution in [2.75, 3.05) is 10.5 Å². The molecule has 108 valence electrons. The van der Waals surface area contributed by atoms with E-state index in [0.29, 0.717) is 12.2 Å². The molecule has 3 N–H and O–H groups in total. The first kappa shape index (κ1) is 14.3. The molecule has 6 nitrogen and oxygen atoms in total. The summed E-state index contributed by atoms with van der Waals surface area (Å²) in [6.45, 7) is 3.97. The van der Waals surface area contributed by atoms with Crippen LogP contribution in [0.15, 0.2) is 29.4 Å². The zero-order valence-corrected chi connectivity index (χ0v) is 11.9. The van der Waals surface area contributed by atoms with Crippen molar-refractivity contribution in [2.24, 2.45) is 0 Å². The highest BCUT2D eigenvalue weighted by Crippen LogP contribution is 2.22. The van der Waals surface area contributed by atoms with Crippen LogP contribution in [0.5, 0.6) is 0 Å². The van der Waals surface area contributed by atoms with Gasteiger partial charge in [0, 0.05) is 12.7 Å². The molecule has 0 radical (unpaired) electrons. The van der Waals surface area contributed by atoms with Crippen LogP contribution in [0, 0.1) is 12.7 Å². The molecule has 2 rings (SSSR count).